The average molecular weight is 202 g/mol. The molecule has 0 N–H and O–H groups in total. The van der Waals surface area contributed by atoms with E-state index in [1.807, 2.05) is 0 Å². The highest BCUT2D eigenvalue weighted by Crippen LogP contribution is 2.34. The van der Waals surface area contributed by atoms with E-state index in [0.717, 1.165) is 0 Å². The van der Waals surface area contributed by atoms with Gasteiger partial charge in [-0.3, -0.25) is 4.79 Å². The molecule has 2 heterocycles. The van der Waals surface area contributed by atoms with Crippen LogP contribution in [0, 0.1) is 0 Å². The minimum absolute atomic E-state index is 0.0671. The maximum Gasteiger partial charge on any atom is 0.257 e. The second kappa shape index (κ2) is 2.27. The van der Waals surface area contributed by atoms with E-state index < -0.39 is 14.0 Å². The fourth-order valence-electron chi connectivity index (χ4n) is 0.827. The van der Waals surface area contributed by atoms with Gasteiger partial charge in [0.25, 0.3) is 14.0 Å². The Morgan fingerprint density at radius 2 is 1.92 bits per heavy atom. The van der Waals surface area contributed by atoms with E-state index in [-0.39, 0.29) is 21.5 Å². The lowest BCUT2D eigenvalue weighted by Crippen LogP contribution is -1.96. The van der Waals surface area contributed by atoms with Crippen LogP contribution in [-0.2, 0) is 8.87 Å². The monoisotopic (exact) mass is 202 g/mol. The maximum absolute atomic E-state index is 11.1. The molecular weight excluding hydrogens is 200 g/mol. The molecule has 0 radical (unpaired) electrons. The van der Waals surface area contributed by atoms with E-state index in [2.05, 4.69) is 9.97 Å². The summed E-state index contributed by atoms with van der Waals surface area (Å²) in [7, 11) is -3.30. The maximum atomic E-state index is 11.1. The molecule has 0 atom stereocenters. The number of rotatable bonds is 0. The molecule has 1 aromatic heterocycles. The highest BCUT2D eigenvalue weighted by Gasteiger charge is 2.37. The van der Waals surface area contributed by atoms with Crippen molar-refractivity contribution in [1.29, 1.82) is 0 Å². The van der Waals surface area contributed by atoms with Crippen LogP contribution in [0.1, 0.15) is 10.5 Å². The Balaban J connectivity index is 2.83. The number of carbonyl (C=O) groups is 1. The number of hydrogen-bond donors (Lipinski definition) is 0. The predicted molar refractivity (Wildman–Crippen MR) is 41.1 cm³/mol. The molecule has 1 aliphatic rings. The Labute approximate surface area is 71.5 Å². The molecule has 12 heavy (non-hydrogen) atoms. The van der Waals surface area contributed by atoms with Gasteiger partial charge in [-0.05, 0) is 0 Å². The van der Waals surface area contributed by atoms with Crippen LogP contribution < -0.4 is 0 Å². The van der Waals surface area contributed by atoms with Crippen LogP contribution in [0.2, 0.25) is 0 Å². The van der Waals surface area contributed by atoms with Gasteiger partial charge in [-0.15, -0.1) is 0 Å². The number of fused-ring (bicyclic) bond motifs is 1. The van der Waals surface area contributed by atoms with Crippen molar-refractivity contribution in [2.24, 2.45) is 0 Å². The zero-order valence-electron chi connectivity index (χ0n) is 5.59. The summed E-state index contributed by atoms with van der Waals surface area (Å²) in [5.74, 6) is 0. The number of aromatic nitrogens is 2. The molecule has 0 saturated heterocycles. The zero-order chi connectivity index (χ0) is 8.77. The summed E-state index contributed by atoms with van der Waals surface area (Å²) >= 11 is 0. The van der Waals surface area contributed by atoms with Crippen LogP contribution in [-0.4, -0.2) is 23.5 Å². The van der Waals surface area contributed by atoms with Gasteiger partial charge in [0, 0.05) is 12.4 Å². The Kier molecular flexibility index (Phi) is 1.45. The molecule has 62 valence electrons. The third-order valence-corrected chi connectivity index (χ3v) is 4.20. The Bertz CT molecular complexity index is 454. The SMILES string of the molecule is O=C1SS(=O)(=O)c2nccnc21. The molecule has 0 aliphatic carbocycles. The Morgan fingerprint density at radius 3 is 2.58 bits per heavy atom. The molecule has 5 nitrogen and oxygen atoms in total. The van der Waals surface area contributed by atoms with Crippen molar-refractivity contribution in [3.63, 3.8) is 0 Å². The van der Waals surface area contributed by atoms with E-state index in [4.69, 9.17) is 0 Å². The number of nitrogens with zero attached hydrogens (tertiary/aromatic N) is 2. The smallest absolute Gasteiger partial charge is 0.257 e. The Morgan fingerprint density at radius 1 is 1.25 bits per heavy atom. The largest absolute Gasteiger partial charge is 0.279 e. The molecular formula is C5H2N2O3S2. The van der Waals surface area contributed by atoms with Crippen LogP contribution in [0.4, 0.5) is 0 Å². The van der Waals surface area contributed by atoms with E-state index in [0.29, 0.717) is 0 Å². The summed E-state index contributed by atoms with van der Waals surface area (Å²) in [4.78, 5) is 18.2. The van der Waals surface area contributed by atoms with Crippen molar-refractivity contribution in [1.82, 2.24) is 9.97 Å². The summed E-state index contributed by atoms with van der Waals surface area (Å²) < 4.78 is 22.2. The first kappa shape index (κ1) is 7.69. The van der Waals surface area contributed by atoms with Gasteiger partial charge in [-0.1, -0.05) is 0 Å². The van der Waals surface area contributed by atoms with Crippen LogP contribution in [0.5, 0.6) is 0 Å². The molecule has 0 saturated carbocycles. The number of carbonyl (C=O) groups excluding carboxylic acids is 1. The van der Waals surface area contributed by atoms with Crippen molar-refractivity contribution in [3.05, 3.63) is 18.1 Å². The molecule has 0 unspecified atom stereocenters. The molecule has 2 rings (SSSR count). The first-order chi connectivity index (χ1) is 5.61. The minimum Gasteiger partial charge on any atom is -0.279 e. The standard InChI is InChI=1S/C5H2N2O3S2/c8-5-3-4(7-2-1-6-3)12(9,10)11-5/h1-2H. The van der Waals surface area contributed by atoms with Crippen molar-refractivity contribution in [2.75, 3.05) is 0 Å². The van der Waals surface area contributed by atoms with Crippen molar-refractivity contribution in [2.45, 2.75) is 5.03 Å². The van der Waals surface area contributed by atoms with E-state index >= 15 is 0 Å². The summed E-state index contributed by atoms with van der Waals surface area (Å²) in [6.45, 7) is 0. The molecule has 0 spiro atoms. The van der Waals surface area contributed by atoms with Crippen molar-refractivity contribution in [3.8, 4) is 0 Å². The second-order valence-electron chi connectivity index (χ2n) is 2.04. The predicted octanol–water partition coefficient (Wildman–Crippen LogP) is 0.0523. The minimum atomic E-state index is -3.56. The summed E-state index contributed by atoms with van der Waals surface area (Å²) in [6, 6.07) is 0. The molecule has 1 aromatic rings. The third kappa shape index (κ3) is 0.935. The van der Waals surface area contributed by atoms with E-state index in [9.17, 15) is 13.2 Å². The number of hydrogen-bond acceptors (Lipinski definition) is 6. The van der Waals surface area contributed by atoms with Crippen LogP contribution >= 0.6 is 10.8 Å². The molecule has 0 aromatic carbocycles. The average Bonchev–Trinajstić information content (AvgIpc) is 2.25. The summed E-state index contributed by atoms with van der Waals surface area (Å²) in [5, 5.41) is -0.780. The van der Waals surface area contributed by atoms with E-state index in [1.165, 1.54) is 12.4 Å². The zero-order valence-corrected chi connectivity index (χ0v) is 7.22. The second-order valence-corrected chi connectivity index (χ2v) is 5.68. The van der Waals surface area contributed by atoms with Gasteiger partial charge in [0.05, 0.1) is 10.8 Å². The fraction of sp³-hybridized carbons (Fsp3) is 0. The van der Waals surface area contributed by atoms with Crippen molar-refractivity contribution >= 4 is 24.8 Å². The molecule has 7 heteroatoms. The highest BCUT2D eigenvalue weighted by atomic mass is 33.1. The third-order valence-electron chi connectivity index (χ3n) is 1.28. The first-order valence-electron chi connectivity index (χ1n) is 2.91. The van der Waals surface area contributed by atoms with Crippen LogP contribution in [0.3, 0.4) is 0 Å². The van der Waals surface area contributed by atoms with Gasteiger partial charge in [0.1, 0.15) is 0 Å². The lowest BCUT2D eigenvalue weighted by Gasteiger charge is -1.89. The molecule has 1 aliphatic heterocycles. The van der Waals surface area contributed by atoms with Gasteiger partial charge in [0.15, 0.2) is 10.7 Å². The summed E-state index contributed by atoms with van der Waals surface area (Å²) in [6.07, 6.45) is 2.54. The van der Waals surface area contributed by atoms with Crippen molar-refractivity contribution < 1.29 is 13.2 Å². The lowest BCUT2D eigenvalue weighted by atomic mass is 10.5. The highest BCUT2D eigenvalue weighted by molar-refractivity contribution is 8.78. The van der Waals surface area contributed by atoms with Gasteiger partial charge in [0.2, 0.25) is 0 Å². The van der Waals surface area contributed by atoms with Gasteiger partial charge >= 0.3 is 0 Å². The molecule has 0 bridgehead atoms. The normalized spacial score (nSPS) is 19.2. The Hall–Kier alpha value is -0.950. The quantitative estimate of drug-likeness (QED) is 0.553. The van der Waals surface area contributed by atoms with E-state index in [1.54, 1.807) is 0 Å². The van der Waals surface area contributed by atoms with Crippen LogP contribution in [0.15, 0.2) is 17.4 Å². The van der Waals surface area contributed by atoms with Crippen LogP contribution in [0.25, 0.3) is 0 Å². The lowest BCUT2D eigenvalue weighted by molar-refractivity contribution is 0.108. The summed E-state index contributed by atoms with van der Waals surface area (Å²) in [5.41, 5.74) is -0.0671. The first-order valence-corrected chi connectivity index (χ1v) is 5.73. The fourth-order valence-corrected chi connectivity index (χ4v) is 3.41. The van der Waals surface area contributed by atoms with Gasteiger partial charge in [-0.2, -0.15) is 0 Å². The van der Waals surface area contributed by atoms with Gasteiger partial charge < -0.3 is 0 Å². The topological polar surface area (TPSA) is 77.0 Å². The molecule has 0 fully saturated rings. The molecule has 0 amide bonds. The van der Waals surface area contributed by atoms with Gasteiger partial charge in [-0.25, -0.2) is 18.4 Å².